The molecule has 2 rings (SSSR count). The fraction of sp³-hybridized carbons (Fsp3) is 0.250. The summed E-state index contributed by atoms with van der Waals surface area (Å²) in [5, 5.41) is 0.0203. The number of methoxy groups -OCH3 is 1. The zero-order chi connectivity index (χ0) is 17.4. The Balaban J connectivity index is 2.56. The molecule has 0 bridgehead atoms. The van der Waals surface area contributed by atoms with Crippen LogP contribution >= 0.6 is 23.2 Å². The minimum Gasteiger partial charge on any atom is -0.495 e. The zero-order valence-corrected chi connectivity index (χ0v) is 15.6. The van der Waals surface area contributed by atoms with E-state index in [-0.39, 0.29) is 14.9 Å². The van der Waals surface area contributed by atoms with Crippen molar-refractivity contribution < 1.29 is 13.2 Å². The van der Waals surface area contributed by atoms with Gasteiger partial charge in [0.2, 0.25) is 0 Å². The van der Waals surface area contributed by atoms with Crippen molar-refractivity contribution in [3.8, 4) is 5.75 Å². The predicted molar refractivity (Wildman–Crippen MR) is 94.5 cm³/mol. The minimum absolute atomic E-state index is 0.0531. The van der Waals surface area contributed by atoms with Crippen LogP contribution in [0.15, 0.2) is 35.2 Å². The van der Waals surface area contributed by atoms with Crippen LogP contribution in [0.2, 0.25) is 10.0 Å². The van der Waals surface area contributed by atoms with Gasteiger partial charge in [-0.15, -0.1) is 0 Å². The summed E-state index contributed by atoms with van der Waals surface area (Å²) in [6.45, 7) is 3.81. The van der Waals surface area contributed by atoms with Gasteiger partial charge >= 0.3 is 0 Å². The number of halogens is 2. The van der Waals surface area contributed by atoms with Gasteiger partial charge in [0.05, 0.1) is 17.8 Å². The van der Waals surface area contributed by atoms with Crippen LogP contribution in [0.5, 0.6) is 5.75 Å². The number of anilines is 1. The lowest BCUT2D eigenvalue weighted by Crippen LogP contribution is -2.27. The van der Waals surface area contributed by atoms with Crippen LogP contribution < -0.4 is 9.04 Å². The Morgan fingerprint density at radius 3 is 2.26 bits per heavy atom. The first-order valence-corrected chi connectivity index (χ1v) is 8.98. The molecule has 0 amide bonds. The second kappa shape index (κ2) is 6.59. The maximum absolute atomic E-state index is 12.9. The summed E-state index contributed by atoms with van der Waals surface area (Å²) >= 11 is 12.2. The summed E-state index contributed by atoms with van der Waals surface area (Å²) < 4.78 is 32.0. The second-order valence-electron chi connectivity index (χ2n) is 5.16. The van der Waals surface area contributed by atoms with Crippen LogP contribution in [0.1, 0.15) is 11.1 Å². The molecule has 0 spiro atoms. The Morgan fingerprint density at radius 1 is 1.04 bits per heavy atom. The SMILES string of the molecule is COc1ccc(S(=O)(=O)N(C)c2ccc(C)cc2C)c(Cl)c1Cl. The van der Waals surface area contributed by atoms with Crippen LogP contribution in [-0.2, 0) is 10.0 Å². The Bertz CT molecular complexity index is 851. The van der Waals surface area contributed by atoms with Crippen LogP contribution in [0.25, 0.3) is 0 Å². The molecule has 0 aliphatic heterocycles. The fourth-order valence-corrected chi connectivity index (χ4v) is 4.38. The molecule has 2 aromatic carbocycles. The third-order valence-electron chi connectivity index (χ3n) is 3.56. The van der Waals surface area contributed by atoms with Gasteiger partial charge in [0.15, 0.2) is 0 Å². The second-order valence-corrected chi connectivity index (χ2v) is 7.85. The van der Waals surface area contributed by atoms with Gasteiger partial charge in [-0.05, 0) is 37.6 Å². The lowest BCUT2D eigenvalue weighted by Gasteiger charge is -2.22. The highest BCUT2D eigenvalue weighted by Crippen LogP contribution is 2.38. The first-order chi connectivity index (χ1) is 10.7. The highest BCUT2D eigenvalue weighted by Gasteiger charge is 2.27. The maximum Gasteiger partial charge on any atom is 0.265 e. The van der Waals surface area contributed by atoms with E-state index in [1.807, 2.05) is 26.0 Å². The third kappa shape index (κ3) is 3.27. The van der Waals surface area contributed by atoms with E-state index in [4.69, 9.17) is 27.9 Å². The van der Waals surface area contributed by atoms with Crippen molar-refractivity contribution in [1.82, 2.24) is 0 Å². The largest absolute Gasteiger partial charge is 0.495 e. The zero-order valence-electron chi connectivity index (χ0n) is 13.2. The molecule has 124 valence electrons. The van der Waals surface area contributed by atoms with Gasteiger partial charge in [-0.25, -0.2) is 8.42 Å². The molecule has 0 aromatic heterocycles. The number of rotatable bonds is 4. The van der Waals surface area contributed by atoms with Gasteiger partial charge in [-0.1, -0.05) is 40.9 Å². The Labute approximate surface area is 146 Å². The van der Waals surface area contributed by atoms with Crippen molar-refractivity contribution in [3.05, 3.63) is 51.5 Å². The normalized spacial score (nSPS) is 11.4. The first-order valence-electron chi connectivity index (χ1n) is 6.78. The van der Waals surface area contributed by atoms with Crippen molar-refractivity contribution in [3.63, 3.8) is 0 Å². The quantitative estimate of drug-likeness (QED) is 0.795. The van der Waals surface area contributed by atoms with Crippen molar-refractivity contribution >= 4 is 38.9 Å². The van der Waals surface area contributed by atoms with E-state index in [0.29, 0.717) is 11.4 Å². The molecule has 0 saturated carbocycles. The summed E-state index contributed by atoms with van der Waals surface area (Å²) in [5.74, 6) is 0.324. The Kier molecular flexibility index (Phi) is 5.14. The molecule has 0 saturated heterocycles. The summed E-state index contributed by atoms with van der Waals surface area (Å²) in [4.78, 5) is -0.0626. The molecule has 0 atom stereocenters. The van der Waals surface area contributed by atoms with Gasteiger partial charge in [-0.2, -0.15) is 0 Å². The van der Waals surface area contributed by atoms with Crippen molar-refractivity contribution in [1.29, 1.82) is 0 Å². The van der Waals surface area contributed by atoms with Gasteiger partial charge in [0.25, 0.3) is 10.0 Å². The van der Waals surface area contributed by atoms with Crippen molar-refractivity contribution in [2.24, 2.45) is 0 Å². The molecule has 7 heteroatoms. The molecule has 0 radical (unpaired) electrons. The highest BCUT2D eigenvalue weighted by molar-refractivity contribution is 7.93. The van der Waals surface area contributed by atoms with E-state index in [9.17, 15) is 8.42 Å². The number of hydrogen-bond acceptors (Lipinski definition) is 3. The Hall–Kier alpha value is -1.43. The molecule has 0 N–H and O–H groups in total. The molecule has 23 heavy (non-hydrogen) atoms. The minimum atomic E-state index is -3.84. The fourth-order valence-electron chi connectivity index (χ4n) is 2.31. The monoisotopic (exact) mass is 373 g/mol. The van der Waals surface area contributed by atoms with Gasteiger partial charge in [-0.3, -0.25) is 4.31 Å². The molecule has 0 aliphatic carbocycles. The highest BCUT2D eigenvalue weighted by atomic mass is 35.5. The van der Waals surface area contributed by atoms with Crippen molar-refractivity contribution in [2.75, 3.05) is 18.5 Å². The Morgan fingerprint density at radius 2 is 1.70 bits per heavy atom. The summed E-state index contributed by atoms with van der Waals surface area (Å²) in [5.41, 5.74) is 2.49. The number of nitrogens with zero attached hydrogens (tertiary/aromatic N) is 1. The molecule has 0 aliphatic rings. The molecule has 4 nitrogen and oxygen atoms in total. The summed E-state index contributed by atoms with van der Waals surface area (Å²) in [7, 11) is -0.919. The van der Waals surface area contributed by atoms with E-state index < -0.39 is 10.0 Å². The molecular weight excluding hydrogens is 357 g/mol. The van der Waals surface area contributed by atoms with Crippen LogP contribution in [0, 0.1) is 13.8 Å². The van der Waals surface area contributed by atoms with Gasteiger partial charge in [0.1, 0.15) is 15.7 Å². The van der Waals surface area contributed by atoms with E-state index >= 15 is 0 Å². The van der Waals surface area contributed by atoms with E-state index in [2.05, 4.69) is 0 Å². The lowest BCUT2D eigenvalue weighted by molar-refractivity contribution is 0.414. The smallest absolute Gasteiger partial charge is 0.265 e. The van der Waals surface area contributed by atoms with E-state index in [0.717, 1.165) is 11.1 Å². The van der Waals surface area contributed by atoms with E-state index in [1.165, 1.54) is 30.6 Å². The standard InChI is InChI=1S/C16H17Cl2NO3S/c1-10-5-6-12(11(2)9-10)19(3)23(20,21)14-8-7-13(22-4)15(17)16(14)18/h5-9H,1-4H3. The molecular formula is C16H17Cl2NO3S. The number of aryl methyl sites for hydroxylation is 2. The van der Waals surface area contributed by atoms with Gasteiger partial charge in [0, 0.05) is 7.05 Å². The maximum atomic E-state index is 12.9. The average molecular weight is 374 g/mol. The van der Waals surface area contributed by atoms with Gasteiger partial charge < -0.3 is 4.74 Å². The van der Waals surface area contributed by atoms with Crippen LogP contribution in [0.4, 0.5) is 5.69 Å². The number of sulfonamides is 1. The summed E-state index contributed by atoms with van der Waals surface area (Å²) in [6.07, 6.45) is 0. The van der Waals surface area contributed by atoms with E-state index in [1.54, 1.807) is 6.07 Å². The molecule has 2 aromatic rings. The van der Waals surface area contributed by atoms with Crippen LogP contribution in [-0.4, -0.2) is 22.6 Å². The molecule has 0 unspecified atom stereocenters. The third-order valence-corrected chi connectivity index (χ3v) is 6.35. The topological polar surface area (TPSA) is 46.6 Å². The first kappa shape index (κ1) is 17.9. The number of benzene rings is 2. The molecule has 0 fully saturated rings. The number of hydrogen-bond donors (Lipinski definition) is 0. The molecule has 0 heterocycles. The van der Waals surface area contributed by atoms with Crippen LogP contribution in [0.3, 0.4) is 0 Å². The average Bonchev–Trinajstić information content (AvgIpc) is 2.49. The lowest BCUT2D eigenvalue weighted by atomic mass is 10.1. The summed E-state index contributed by atoms with van der Waals surface area (Å²) in [6, 6.07) is 8.42. The van der Waals surface area contributed by atoms with Crippen molar-refractivity contribution in [2.45, 2.75) is 18.7 Å². The number of ether oxygens (including phenoxy) is 1. The predicted octanol–water partition coefficient (Wildman–Crippen LogP) is 4.44.